The van der Waals surface area contributed by atoms with Crippen LogP contribution in [0.5, 0.6) is 0 Å². The molecule has 2 aromatic rings. The van der Waals surface area contributed by atoms with Crippen LogP contribution in [0, 0.1) is 10.7 Å². The Labute approximate surface area is 138 Å². The van der Waals surface area contributed by atoms with Gasteiger partial charge in [0, 0.05) is 15.6 Å². The van der Waals surface area contributed by atoms with E-state index in [2.05, 4.69) is 4.72 Å². The number of nitrogens with one attached hydrogen (secondary N) is 1. The lowest BCUT2D eigenvalue weighted by atomic mass is 10.2. The number of anilines is 1. The van der Waals surface area contributed by atoms with E-state index in [-0.39, 0.29) is 0 Å². The average Bonchev–Trinajstić information content (AvgIpc) is 2.49. The molecule has 1 N–H and O–H groups in total. The molecule has 0 aromatic heterocycles. The van der Waals surface area contributed by atoms with E-state index in [1.807, 2.05) is 5.40 Å². The first kappa shape index (κ1) is 16.4. The van der Waals surface area contributed by atoms with Gasteiger partial charge in [0.05, 0.1) is 5.41 Å². The summed E-state index contributed by atoms with van der Waals surface area (Å²) in [5.74, 6) is 0. The molecule has 0 unspecified atom stereocenters. The molecule has 112 valence electrons. The van der Waals surface area contributed by atoms with Crippen molar-refractivity contribution in [3.8, 4) is 5.40 Å². The molecule has 0 spiro atoms. The summed E-state index contributed by atoms with van der Waals surface area (Å²) in [6, 6.07) is 13.4. The molecule has 0 fully saturated rings. The van der Waals surface area contributed by atoms with Crippen molar-refractivity contribution in [1.82, 2.24) is 0 Å². The molecule has 0 bridgehead atoms. The van der Waals surface area contributed by atoms with Crippen molar-refractivity contribution >= 4 is 45.1 Å². The van der Waals surface area contributed by atoms with E-state index in [0.717, 1.165) is 27.6 Å². The number of sulfonamides is 1. The van der Waals surface area contributed by atoms with Gasteiger partial charge in [-0.2, -0.15) is 5.26 Å². The van der Waals surface area contributed by atoms with Crippen LogP contribution in [0.4, 0.5) is 5.69 Å². The smallest absolute Gasteiger partial charge is 0.255 e. The predicted molar refractivity (Wildman–Crippen MR) is 90.9 cm³/mol. The van der Waals surface area contributed by atoms with Gasteiger partial charge in [0.1, 0.15) is 5.40 Å². The van der Waals surface area contributed by atoms with Crippen LogP contribution in [-0.2, 0) is 10.0 Å². The Kier molecular flexibility index (Phi) is 5.50. The molecule has 7 heteroatoms. The highest BCUT2D eigenvalue weighted by molar-refractivity contribution is 8.03. The highest BCUT2D eigenvalue weighted by Gasteiger charge is 2.05. The minimum atomic E-state index is -3.60. The van der Waals surface area contributed by atoms with Crippen LogP contribution in [0.25, 0.3) is 6.08 Å². The molecule has 0 saturated heterocycles. The molecular weight excluding hydrogens is 340 g/mol. The number of halogens is 1. The predicted octanol–water partition coefficient (Wildman–Crippen LogP) is 4.33. The van der Waals surface area contributed by atoms with Gasteiger partial charge >= 0.3 is 0 Å². The number of hydrogen-bond donors (Lipinski definition) is 1. The Balaban J connectivity index is 2.07. The van der Waals surface area contributed by atoms with Gasteiger partial charge in [-0.1, -0.05) is 23.7 Å². The van der Waals surface area contributed by atoms with Crippen LogP contribution in [-0.4, -0.2) is 8.42 Å². The van der Waals surface area contributed by atoms with E-state index in [1.165, 1.54) is 6.08 Å². The first-order chi connectivity index (χ1) is 10.5. The number of thioether (sulfide) groups is 1. The SMILES string of the molecule is N#CSc1ccc(NS(=O)(=O)/C=C/c2ccc(Cl)cc2)cc1. The Morgan fingerprint density at radius 1 is 1.09 bits per heavy atom. The lowest BCUT2D eigenvalue weighted by Crippen LogP contribution is -2.08. The van der Waals surface area contributed by atoms with Crippen molar-refractivity contribution in [3.63, 3.8) is 0 Å². The largest absolute Gasteiger partial charge is 0.280 e. The summed E-state index contributed by atoms with van der Waals surface area (Å²) in [5, 5.41) is 12.2. The molecule has 0 atom stereocenters. The highest BCUT2D eigenvalue weighted by atomic mass is 35.5. The Bertz CT molecular complexity index is 808. The molecule has 0 aliphatic heterocycles. The Morgan fingerprint density at radius 2 is 1.73 bits per heavy atom. The van der Waals surface area contributed by atoms with Crippen LogP contribution in [0.2, 0.25) is 5.02 Å². The van der Waals surface area contributed by atoms with E-state index >= 15 is 0 Å². The van der Waals surface area contributed by atoms with Crippen molar-refractivity contribution < 1.29 is 8.42 Å². The van der Waals surface area contributed by atoms with E-state index in [9.17, 15) is 8.42 Å². The first-order valence-electron chi connectivity index (χ1n) is 6.11. The van der Waals surface area contributed by atoms with E-state index in [4.69, 9.17) is 16.9 Å². The second kappa shape index (κ2) is 7.36. The summed E-state index contributed by atoms with van der Waals surface area (Å²) in [4.78, 5) is 0.752. The highest BCUT2D eigenvalue weighted by Crippen LogP contribution is 2.20. The Morgan fingerprint density at radius 3 is 2.32 bits per heavy atom. The summed E-state index contributed by atoms with van der Waals surface area (Å²) < 4.78 is 26.4. The molecule has 2 rings (SSSR count). The monoisotopic (exact) mass is 350 g/mol. The second-order valence-electron chi connectivity index (χ2n) is 4.22. The van der Waals surface area contributed by atoms with Crippen molar-refractivity contribution in [2.24, 2.45) is 0 Å². The normalized spacial score (nSPS) is 11.3. The third-order valence-corrected chi connectivity index (χ3v) is 4.45. The van der Waals surface area contributed by atoms with Crippen LogP contribution in [0.1, 0.15) is 5.56 Å². The molecule has 4 nitrogen and oxygen atoms in total. The van der Waals surface area contributed by atoms with Crippen LogP contribution < -0.4 is 4.72 Å². The Hall–Kier alpha value is -1.94. The minimum absolute atomic E-state index is 0.433. The number of rotatable bonds is 5. The zero-order valence-electron chi connectivity index (χ0n) is 11.2. The molecule has 0 saturated carbocycles. The van der Waals surface area contributed by atoms with Gasteiger partial charge < -0.3 is 0 Å². The fourth-order valence-electron chi connectivity index (χ4n) is 1.58. The summed E-state index contributed by atoms with van der Waals surface area (Å²) in [5.41, 5.74) is 1.17. The summed E-state index contributed by atoms with van der Waals surface area (Å²) in [6.45, 7) is 0. The topological polar surface area (TPSA) is 70.0 Å². The van der Waals surface area contributed by atoms with Gasteiger partial charge in [-0.15, -0.1) is 0 Å². The fourth-order valence-corrected chi connectivity index (χ4v) is 2.96. The summed E-state index contributed by atoms with van der Waals surface area (Å²) in [6.07, 6.45) is 1.48. The molecule has 0 heterocycles. The maximum Gasteiger partial charge on any atom is 0.255 e. The van der Waals surface area contributed by atoms with Crippen LogP contribution in [0.15, 0.2) is 58.8 Å². The van der Waals surface area contributed by atoms with Crippen molar-refractivity contribution in [3.05, 3.63) is 64.5 Å². The molecule has 0 aliphatic carbocycles. The molecule has 22 heavy (non-hydrogen) atoms. The number of nitriles is 1. The third-order valence-electron chi connectivity index (χ3n) is 2.59. The summed E-state index contributed by atoms with van der Waals surface area (Å²) >= 11 is 6.78. The van der Waals surface area contributed by atoms with Gasteiger partial charge in [-0.05, 0) is 59.8 Å². The van der Waals surface area contributed by atoms with E-state index in [1.54, 1.807) is 48.5 Å². The maximum absolute atomic E-state index is 12.0. The number of benzene rings is 2. The van der Waals surface area contributed by atoms with E-state index in [0.29, 0.717) is 10.7 Å². The standard InChI is InChI=1S/C15H11ClN2O2S2/c16-13-3-1-12(2-4-13)9-10-22(19,20)18-14-5-7-15(8-6-14)21-11-17/h1-10,18H/b10-9+. The quantitative estimate of drug-likeness (QED) is 0.643. The minimum Gasteiger partial charge on any atom is -0.280 e. The molecular formula is C15H11ClN2O2S2. The van der Waals surface area contributed by atoms with Gasteiger partial charge in [0.25, 0.3) is 10.0 Å². The zero-order valence-corrected chi connectivity index (χ0v) is 13.6. The summed E-state index contributed by atoms with van der Waals surface area (Å²) in [7, 11) is -3.60. The van der Waals surface area contributed by atoms with E-state index < -0.39 is 10.0 Å². The van der Waals surface area contributed by atoms with Crippen molar-refractivity contribution in [2.45, 2.75) is 4.90 Å². The van der Waals surface area contributed by atoms with Crippen molar-refractivity contribution in [2.75, 3.05) is 4.72 Å². The molecule has 2 aromatic carbocycles. The molecule has 0 radical (unpaired) electrons. The zero-order chi connectivity index (χ0) is 16.0. The van der Waals surface area contributed by atoms with Gasteiger partial charge in [0.2, 0.25) is 0 Å². The second-order valence-corrected chi connectivity index (χ2v) is 7.08. The van der Waals surface area contributed by atoms with Gasteiger partial charge in [0.15, 0.2) is 0 Å². The number of thiocyanates is 1. The number of hydrogen-bond acceptors (Lipinski definition) is 4. The number of nitrogens with zero attached hydrogens (tertiary/aromatic N) is 1. The van der Waals surface area contributed by atoms with Crippen LogP contribution in [0.3, 0.4) is 0 Å². The maximum atomic E-state index is 12.0. The lowest BCUT2D eigenvalue weighted by Gasteiger charge is -2.04. The van der Waals surface area contributed by atoms with Gasteiger partial charge in [-0.3, -0.25) is 4.72 Å². The third kappa shape index (κ3) is 5.11. The fraction of sp³-hybridized carbons (Fsp3) is 0. The first-order valence-corrected chi connectivity index (χ1v) is 8.85. The van der Waals surface area contributed by atoms with Gasteiger partial charge in [-0.25, -0.2) is 8.42 Å². The molecule has 0 aliphatic rings. The lowest BCUT2D eigenvalue weighted by molar-refractivity contribution is 0.609. The van der Waals surface area contributed by atoms with Crippen molar-refractivity contribution in [1.29, 1.82) is 5.26 Å². The van der Waals surface area contributed by atoms with Crippen LogP contribution >= 0.6 is 23.4 Å². The molecule has 0 amide bonds. The average molecular weight is 351 g/mol.